The molecular weight excluding hydrogens is 619 g/mol. The largest absolute Gasteiger partial charge is 0.456 e. The summed E-state index contributed by atoms with van der Waals surface area (Å²) in [6, 6.07) is 61.2. The van der Waals surface area contributed by atoms with Crippen LogP contribution in [0.15, 0.2) is 164 Å². The van der Waals surface area contributed by atoms with E-state index in [0.717, 1.165) is 44.5 Å². The average molecular weight is 646 g/mol. The smallest absolute Gasteiger partial charge is 0.135 e. The Labute approximate surface area is 294 Å². The zero-order valence-electron chi connectivity index (χ0n) is 27.4. The van der Waals surface area contributed by atoms with Crippen molar-refractivity contribution < 1.29 is 4.74 Å². The third kappa shape index (κ3) is 4.16. The van der Waals surface area contributed by atoms with Crippen LogP contribution >= 0.6 is 0 Å². The van der Waals surface area contributed by atoms with Gasteiger partial charge in [0.2, 0.25) is 0 Å². The van der Waals surface area contributed by atoms with Crippen molar-refractivity contribution in [2.24, 2.45) is 0 Å². The van der Waals surface area contributed by atoms with E-state index in [1.807, 2.05) is 30.3 Å². The van der Waals surface area contributed by atoms with Crippen molar-refractivity contribution in [1.29, 1.82) is 5.26 Å². The van der Waals surface area contributed by atoms with Crippen LogP contribution in [0, 0.1) is 11.3 Å². The van der Waals surface area contributed by atoms with Crippen molar-refractivity contribution in [3.8, 4) is 62.1 Å². The number of rotatable bonds is 3. The molecule has 0 bridgehead atoms. The molecule has 51 heavy (non-hydrogen) atoms. The molecule has 11 rings (SSSR count). The molecular formula is C49H27NO. The van der Waals surface area contributed by atoms with Crippen molar-refractivity contribution in [3.63, 3.8) is 0 Å². The van der Waals surface area contributed by atoms with E-state index in [-0.39, 0.29) is 0 Å². The molecule has 10 aromatic rings. The minimum atomic E-state index is 0.663. The molecule has 0 spiro atoms. The predicted octanol–water partition coefficient (Wildman–Crippen LogP) is 13.5. The predicted molar refractivity (Wildman–Crippen MR) is 212 cm³/mol. The van der Waals surface area contributed by atoms with Crippen LogP contribution in [0.5, 0.6) is 11.5 Å². The van der Waals surface area contributed by atoms with Crippen LogP contribution in [0.2, 0.25) is 0 Å². The Hall–Kier alpha value is -6.95. The number of ether oxygens (including phenoxy) is 1. The van der Waals surface area contributed by atoms with Gasteiger partial charge in [-0.3, -0.25) is 0 Å². The maximum atomic E-state index is 9.64. The highest BCUT2D eigenvalue weighted by atomic mass is 16.5. The van der Waals surface area contributed by atoms with E-state index in [1.54, 1.807) is 0 Å². The summed E-state index contributed by atoms with van der Waals surface area (Å²) in [5.74, 6) is 1.62. The molecule has 0 radical (unpaired) electrons. The lowest BCUT2D eigenvalue weighted by Gasteiger charge is -2.22. The maximum absolute atomic E-state index is 9.64. The van der Waals surface area contributed by atoms with Gasteiger partial charge in [0.25, 0.3) is 0 Å². The van der Waals surface area contributed by atoms with Crippen LogP contribution in [0.1, 0.15) is 5.56 Å². The number of fused-ring (bicyclic) bond motifs is 3. The molecule has 0 unspecified atom stereocenters. The van der Waals surface area contributed by atoms with Crippen LogP contribution in [0.25, 0.3) is 98.4 Å². The van der Waals surface area contributed by atoms with Crippen LogP contribution in [-0.4, -0.2) is 0 Å². The molecule has 0 aromatic heterocycles. The minimum absolute atomic E-state index is 0.663. The van der Waals surface area contributed by atoms with E-state index in [0.29, 0.717) is 5.56 Å². The Kier molecular flexibility index (Phi) is 5.77. The molecule has 0 aliphatic carbocycles. The third-order valence-electron chi connectivity index (χ3n) is 10.8. The van der Waals surface area contributed by atoms with E-state index >= 15 is 0 Å². The van der Waals surface area contributed by atoms with E-state index in [2.05, 4.69) is 140 Å². The van der Waals surface area contributed by atoms with Gasteiger partial charge in [-0.15, -0.1) is 0 Å². The van der Waals surface area contributed by atoms with Gasteiger partial charge in [-0.1, -0.05) is 115 Å². The van der Waals surface area contributed by atoms with Gasteiger partial charge in [-0.05, 0) is 131 Å². The zero-order valence-corrected chi connectivity index (χ0v) is 27.4. The average Bonchev–Trinajstić information content (AvgIpc) is 3.19. The Morgan fingerprint density at radius 2 is 0.941 bits per heavy atom. The highest BCUT2D eigenvalue weighted by Gasteiger charge is 2.22. The Morgan fingerprint density at radius 1 is 0.353 bits per heavy atom. The number of benzene rings is 10. The van der Waals surface area contributed by atoms with Crippen LogP contribution < -0.4 is 4.74 Å². The molecule has 2 nitrogen and oxygen atoms in total. The molecule has 2 heteroatoms. The summed E-state index contributed by atoms with van der Waals surface area (Å²) < 4.78 is 6.44. The van der Waals surface area contributed by atoms with Crippen molar-refractivity contribution in [2.45, 2.75) is 0 Å². The van der Waals surface area contributed by atoms with E-state index in [4.69, 9.17) is 4.74 Å². The second kappa shape index (κ2) is 10.5. The lowest BCUT2D eigenvalue weighted by Crippen LogP contribution is -1.98. The zero-order chi connectivity index (χ0) is 33.6. The van der Waals surface area contributed by atoms with Gasteiger partial charge in [0, 0.05) is 16.3 Å². The fourth-order valence-corrected chi connectivity index (χ4v) is 8.40. The van der Waals surface area contributed by atoms with E-state index < -0.39 is 0 Å². The SMILES string of the molecule is N#Cc1ccc2c3c(cccc13)Oc1cc(-c3ccc(-c4cc5ccc6cc(-c7cccc8ccccc78)cc7ccc(c4)c5c67)cc3)ccc1-2. The molecule has 1 heterocycles. The van der Waals surface area contributed by atoms with Crippen molar-refractivity contribution in [2.75, 3.05) is 0 Å². The first kappa shape index (κ1) is 27.9. The van der Waals surface area contributed by atoms with Gasteiger partial charge in [-0.25, -0.2) is 0 Å². The first-order valence-corrected chi connectivity index (χ1v) is 17.3. The van der Waals surface area contributed by atoms with Crippen LogP contribution in [-0.2, 0) is 0 Å². The molecule has 0 amide bonds. The quantitative estimate of drug-likeness (QED) is 0.179. The normalized spacial score (nSPS) is 12.1. The number of hydrogen-bond donors (Lipinski definition) is 0. The molecule has 0 saturated carbocycles. The molecule has 0 saturated heterocycles. The Morgan fingerprint density at radius 3 is 1.67 bits per heavy atom. The summed E-state index contributed by atoms with van der Waals surface area (Å²) in [5, 5.41) is 21.8. The first-order chi connectivity index (χ1) is 25.2. The maximum Gasteiger partial charge on any atom is 0.135 e. The molecule has 10 aromatic carbocycles. The molecule has 0 fully saturated rings. The summed E-state index contributed by atoms with van der Waals surface area (Å²) in [4.78, 5) is 0. The van der Waals surface area contributed by atoms with Gasteiger partial charge in [-0.2, -0.15) is 5.26 Å². The van der Waals surface area contributed by atoms with Crippen molar-refractivity contribution in [1.82, 2.24) is 0 Å². The lowest BCUT2D eigenvalue weighted by molar-refractivity contribution is 0.487. The first-order valence-electron chi connectivity index (χ1n) is 17.3. The molecule has 234 valence electrons. The second-order valence-corrected chi connectivity index (χ2v) is 13.6. The highest BCUT2D eigenvalue weighted by Crippen LogP contribution is 2.48. The standard InChI is InChI=1S/C49H27NO/c50-28-37-20-22-44-43-21-19-32(27-46(43)51-45-10-4-9-42(37)49(44)45)29-11-13-30(14-12-29)38-23-33-15-17-35-25-39(26-36-18-16-34(24-38)47(33)48(35)36)41-8-3-6-31-5-1-2-7-40(31)41/h1-27H. The van der Waals surface area contributed by atoms with E-state index in [9.17, 15) is 5.26 Å². The van der Waals surface area contributed by atoms with Gasteiger partial charge < -0.3 is 4.74 Å². The number of hydrogen-bond acceptors (Lipinski definition) is 2. The summed E-state index contributed by atoms with van der Waals surface area (Å²) in [6.45, 7) is 0. The summed E-state index contributed by atoms with van der Waals surface area (Å²) in [6.07, 6.45) is 0. The van der Waals surface area contributed by atoms with Crippen LogP contribution in [0.4, 0.5) is 0 Å². The van der Waals surface area contributed by atoms with Gasteiger partial charge >= 0.3 is 0 Å². The topological polar surface area (TPSA) is 33.0 Å². The van der Waals surface area contributed by atoms with Gasteiger partial charge in [0.05, 0.1) is 11.6 Å². The highest BCUT2D eigenvalue weighted by molar-refractivity contribution is 6.24. The Bertz CT molecular complexity index is 3040. The molecule has 1 aliphatic heterocycles. The van der Waals surface area contributed by atoms with Crippen molar-refractivity contribution >= 4 is 53.9 Å². The molecule has 0 N–H and O–H groups in total. The van der Waals surface area contributed by atoms with Gasteiger partial charge in [0.15, 0.2) is 0 Å². The second-order valence-electron chi connectivity index (χ2n) is 13.6. The van der Waals surface area contributed by atoms with E-state index in [1.165, 1.54) is 65.3 Å². The summed E-state index contributed by atoms with van der Waals surface area (Å²) in [7, 11) is 0. The summed E-state index contributed by atoms with van der Waals surface area (Å²) >= 11 is 0. The number of nitrogens with zero attached hydrogens (tertiary/aromatic N) is 1. The minimum Gasteiger partial charge on any atom is -0.456 e. The Balaban J connectivity index is 0.951. The summed E-state index contributed by atoms with van der Waals surface area (Å²) in [5.41, 5.74) is 9.95. The fourth-order valence-electron chi connectivity index (χ4n) is 8.40. The monoisotopic (exact) mass is 645 g/mol. The van der Waals surface area contributed by atoms with Crippen molar-refractivity contribution in [3.05, 3.63) is 169 Å². The lowest BCUT2D eigenvalue weighted by atomic mass is 9.88. The third-order valence-corrected chi connectivity index (χ3v) is 10.8. The van der Waals surface area contributed by atoms with Gasteiger partial charge in [0.1, 0.15) is 11.5 Å². The number of nitriles is 1. The van der Waals surface area contributed by atoms with Crippen LogP contribution in [0.3, 0.4) is 0 Å². The fraction of sp³-hybridized carbons (Fsp3) is 0. The molecule has 0 atom stereocenters. The molecule has 1 aliphatic rings.